The van der Waals surface area contributed by atoms with Crippen LogP contribution in [0.3, 0.4) is 0 Å². The summed E-state index contributed by atoms with van der Waals surface area (Å²) < 4.78 is 29.2. The Balaban J connectivity index is 1.63. The van der Waals surface area contributed by atoms with Gasteiger partial charge in [-0.3, -0.25) is 4.98 Å². The van der Waals surface area contributed by atoms with Crippen LogP contribution >= 0.6 is 11.5 Å². The van der Waals surface area contributed by atoms with Crippen molar-refractivity contribution in [3.05, 3.63) is 29.2 Å². The molecule has 1 aliphatic heterocycles. The molecule has 1 saturated heterocycles. The van der Waals surface area contributed by atoms with Gasteiger partial charge >= 0.3 is 6.09 Å². The van der Waals surface area contributed by atoms with Gasteiger partial charge in [-0.25, -0.2) is 9.18 Å². The third-order valence-electron chi connectivity index (χ3n) is 3.64. The molecular formula is C17H20FN3O3S. The molecule has 25 heavy (non-hydrogen) atoms. The predicted molar refractivity (Wildman–Crippen MR) is 92.3 cm³/mol. The lowest BCUT2D eigenvalue weighted by Gasteiger charge is -2.39. The molecule has 3 rings (SSSR count). The van der Waals surface area contributed by atoms with E-state index in [0.717, 1.165) is 17.5 Å². The molecule has 0 aromatic carbocycles. The zero-order valence-corrected chi connectivity index (χ0v) is 15.4. The Labute approximate surface area is 149 Å². The van der Waals surface area contributed by atoms with Crippen LogP contribution in [0.25, 0.3) is 11.3 Å². The highest BCUT2D eigenvalue weighted by Gasteiger charge is 2.35. The van der Waals surface area contributed by atoms with Crippen LogP contribution in [-0.2, 0) is 4.74 Å². The van der Waals surface area contributed by atoms with Gasteiger partial charge in [0.2, 0.25) is 0 Å². The second-order valence-electron chi connectivity index (χ2n) is 6.94. The number of nitrogens with zero attached hydrogens (tertiary/aromatic N) is 3. The summed E-state index contributed by atoms with van der Waals surface area (Å²) in [5.41, 5.74) is 1.78. The van der Waals surface area contributed by atoms with Crippen LogP contribution in [-0.4, -0.2) is 45.1 Å². The van der Waals surface area contributed by atoms with E-state index in [9.17, 15) is 9.18 Å². The van der Waals surface area contributed by atoms with Crippen molar-refractivity contribution in [2.75, 3.05) is 13.1 Å². The van der Waals surface area contributed by atoms with Gasteiger partial charge in [-0.2, -0.15) is 4.37 Å². The minimum Gasteiger partial charge on any atom is -0.483 e. The van der Waals surface area contributed by atoms with Crippen molar-refractivity contribution >= 4 is 17.6 Å². The molecule has 1 amide bonds. The number of hydrogen-bond acceptors (Lipinski definition) is 6. The van der Waals surface area contributed by atoms with E-state index >= 15 is 0 Å². The summed E-state index contributed by atoms with van der Waals surface area (Å²) in [6, 6.07) is 1.57. The molecule has 0 aliphatic carbocycles. The van der Waals surface area contributed by atoms with Crippen molar-refractivity contribution in [3.8, 4) is 17.0 Å². The third-order valence-corrected chi connectivity index (χ3v) is 4.36. The molecule has 0 radical (unpaired) electrons. The van der Waals surface area contributed by atoms with E-state index in [1.165, 1.54) is 16.4 Å². The Morgan fingerprint density at radius 2 is 2.12 bits per heavy atom. The van der Waals surface area contributed by atoms with Crippen LogP contribution in [0.5, 0.6) is 5.75 Å². The maximum Gasteiger partial charge on any atom is 0.410 e. The molecule has 0 spiro atoms. The number of ether oxygens (including phenoxy) is 2. The van der Waals surface area contributed by atoms with Gasteiger partial charge in [-0.1, -0.05) is 0 Å². The van der Waals surface area contributed by atoms with Gasteiger partial charge in [-0.15, -0.1) is 0 Å². The topological polar surface area (TPSA) is 64.5 Å². The number of carbonyl (C=O) groups excluding carboxylic acids is 1. The van der Waals surface area contributed by atoms with Crippen molar-refractivity contribution in [3.63, 3.8) is 0 Å². The van der Waals surface area contributed by atoms with E-state index in [1.54, 1.807) is 6.07 Å². The lowest BCUT2D eigenvalue weighted by atomic mass is 10.1. The maximum atomic E-state index is 14.0. The number of hydrogen-bond donors (Lipinski definition) is 0. The highest BCUT2D eigenvalue weighted by molar-refractivity contribution is 7.04. The molecule has 0 bridgehead atoms. The summed E-state index contributed by atoms with van der Waals surface area (Å²) in [6.07, 6.45) is 0.494. The molecule has 0 unspecified atom stereocenters. The Morgan fingerprint density at radius 3 is 2.72 bits per heavy atom. The SMILES string of the molecule is Cc1nscc1-c1cc(OC2CN(C(=O)OC(C)(C)C)C2)c(F)cn1. The second kappa shape index (κ2) is 6.59. The lowest BCUT2D eigenvalue weighted by Crippen LogP contribution is -2.57. The van der Waals surface area contributed by atoms with Crippen LogP contribution in [0.1, 0.15) is 26.5 Å². The summed E-state index contributed by atoms with van der Waals surface area (Å²) in [4.78, 5) is 17.5. The maximum absolute atomic E-state index is 14.0. The summed E-state index contributed by atoms with van der Waals surface area (Å²) in [5.74, 6) is -0.398. The highest BCUT2D eigenvalue weighted by Crippen LogP contribution is 2.29. The zero-order valence-electron chi connectivity index (χ0n) is 14.6. The number of aryl methyl sites for hydroxylation is 1. The van der Waals surface area contributed by atoms with E-state index in [4.69, 9.17) is 9.47 Å². The normalized spacial score (nSPS) is 15.0. The van der Waals surface area contributed by atoms with Crippen molar-refractivity contribution in [2.24, 2.45) is 0 Å². The van der Waals surface area contributed by atoms with E-state index in [1.807, 2.05) is 33.1 Å². The molecule has 1 aliphatic rings. The lowest BCUT2D eigenvalue weighted by molar-refractivity contribution is -0.0229. The van der Waals surface area contributed by atoms with Gasteiger partial charge in [0.1, 0.15) is 11.7 Å². The summed E-state index contributed by atoms with van der Waals surface area (Å²) in [7, 11) is 0. The van der Waals surface area contributed by atoms with Crippen molar-refractivity contribution in [1.82, 2.24) is 14.3 Å². The molecule has 2 aromatic rings. The van der Waals surface area contributed by atoms with E-state index in [0.29, 0.717) is 18.8 Å². The minimum absolute atomic E-state index is 0.129. The predicted octanol–water partition coefficient (Wildman–Crippen LogP) is 3.65. The molecule has 0 N–H and O–H groups in total. The van der Waals surface area contributed by atoms with Gasteiger partial charge in [0.05, 0.1) is 30.7 Å². The molecule has 2 aromatic heterocycles. The monoisotopic (exact) mass is 365 g/mol. The molecule has 6 nitrogen and oxygen atoms in total. The number of aromatic nitrogens is 2. The van der Waals surface area contributed by atoms with Gasteiger partial charge < -0.3 is 14.4 Å². The Bertz CT molecular complexity index is 782. The van der Waals surface area contributed by atoms with Gasteiger partial charge in [0.25, 0.3) is 0 Å². The van der Waals surface area contributed by atoms with Gasteiger partial charge in [-0.05, 0) is 39.2 Å². The Morgan fingerprint density at radius 1 is 1.40 bits per heavy atom. The Kier molecular flexibility index (Phi) is 4.64. The average molecular weight is 365 g/mol. The molecule has 8 heteroatoms. The number of amides is 1. The summed E-state index contributed by atoms with van der Waals surface area (Å²) in [5, 5.41) is 1.87. The minimum atomic E-state index is -0.540. The second-order valence-corrected chi connectivity index (χ2v) is 7.57. The van der Waals surface area contributed by atoms with Crippen molar-refractivity contribution in [2.45, 2.75) is 39.4 Å². The summed E-state index contributed by atoms with van der Waals surface area (Å²) in [6.45, 7) is 8.05. The van der Waals surface area contributed by atoms with E-state index in [-0.39, 0.29) is 17.9 Å². The van der Waals surface area contributed by atoms with E-state index in [2.05, 4.69) is 9.36 Å². The largest absolute Gasteiger partial charge is 0.483 e. The fourth-order valence-electron chi connectivity index (χ4n) is 2.36. The van der Waals surface area contributed by atoms with Crippen LogP contribution in [0.15, 0.2) is 17.6 Å². The number of likely N-dealkylation sites (tertiary alicyclic amines) is 1. The number of rotatable bonds is 3. The van der Waals surface area contributed by atoms with E-state index < -0.39 is 11.4 Å². The van der Waals surface area contributed by atoms with Crippen molar-refractivity contribution < 1.29 is 18.7 Å². The first-order valence-corrected chi connectivity index (χ1v) is 8.78. The number of carbonyl (C=O) groups is 1. The fraction of sp³-hybridized carbons (Fsp3) is 0.471. The molecular weight excluding hydrogens is 345 g/mol. The molecule has 0 saturated carbocycles. The quantitative estimate of drug-likeness (QED) is 0.831. The number of halogens is 1. The first-order valence-electron chi connectivity index (χ1n) is 7.94. The first-order chi connectivity index (χ1) is 11.7. The molecule has 3 heterocycles. The van der Waals surface area contributed by atoms with Crippen LogP contribution in [0.2, 0.25) is 0 Å². The average Bonchev–Trinajstić information content (AvgIpc) is 2.88. The van der Waals surface area contributed by atoms with Crippen molar-refractivity contribution in [1.29, 1.82) is 0 Å². The molecule has 0 atom stereocenters. The highest BCUT2D eigenvalue weighted by atomic mass is 32.1. The molecule has 1 fully saturated rings. The van der Waals surface area contributed by atoms with Crippen LogP contribution in [0.4, 0.5) is 9.18 Å². The zero-order chi connectivity index (χ0) is 18.2. The molecule has 134 valence electrons. The van der Waals surface area contributed by atoms with Crippen LogP contribution < -0.4 is 4.74 Å². The van der Waals surface area contributed by atoms with Gasteiger partial charge in [0.15, 0.2) is 11.6 Å². The van der Waals surface area contributed by atoms with Crippen LogP contribution in [0, 0.1) is 12.7 Å². The fourth-order valence-corrected chi connectivity index (χ4v) is 3.07. The Hall–Kier alpha value is -2.22. The summed E-state index contributed by atoms with van der Waals surface area (Å²) >= 11 is 1.33. The number of pyridine rings is 1. The first kappa shape index (κ1) is 17.6. The van der Waals surface area contributed by atoms with Gasteiger partial charge in [0, 0.05) is 17.0 Å². The third kappa shape index (κ3) is 4.07. The smallest absolute Gasteiger partial charge is 0.410 e. The standard InChI is InChI=1S/C17H20FN3O3S/c1-10-12(9-25-20-10)14-5-15(13(18)6-19-14)23-11-7-21(8-11)16(22)24-17(2,3)4/h5-6,9,11H,7-8H2,1-4H3.